The van der Waals surface area contributed by atoms with E-state index in [4.69, 9.17) is 0 Å². The van der Waals surface area contributed by atoms with Gasteiger partial charge in [0.1, 0.15) is 24.0 Å². The molecule has 0 bridgehead atoms. The summed E-state index contributed by atoms with van der Waals surface area (Å²) in [5.41, 5.74) is -1.42. The Morgan fingerprint density at radius 2 is 2.00 bits per heavy atom. The molecule has 2 aromatic rings. The predicted octanol–water partition coefficient (Wildman–Crippen LogP) is 1.45. The molecule has 0 aromatic carbocycles. The van der Waals surface area contributed by atoms with E-state index in [9.17, 15) is 32.3 Å². The highest BCUT2D eigenvalue weighted by Crippen LogP contribution is 2.32. The van der Waals surface area contributed by atoms with Gasteiger partial charge in [-0.15, -0.1) is 0 Å². The number of carbonyl (C=O) groups excluding carboxylic acids is 1. The molecule has 1 saturated heterocycles. The van der Waals surface area contributed by atoms with Crippen LogP contribution in [0.4, 0.5) is 17.6 Å². The zero-order chi connectivity index (χ0) is 21.6. The zero-order valence-electron chi connectivity index (χ0n) is 15.7. The lowest BCUT2D eigenvalue weighted by Crippen LogP contribution is -2.42. The first-order valence-electron chi connectivity index (χ1n) is 9.47. The summed E-state index contributed by atoms with van der Waals surface area (Å²) in [5.74, 6) is -0.387. The SMILES string of the molecule is O=C([C@@H]1CCC(O)c2nn(Cc3ccc(C(F)(F)F)nc3)c(=O)n21)N1CC[C@H](F)C1. The van der Waals surface area contributed by atoms with E-state index in [0.717, 1.165) is 21.5 Å². The number of hydrogen-bond acceptors (Lipinski definition) is 5. The maximum Gasteiger partial charge on any atom is 0.433 e. The quantitative estimate of drug-likeness (QED) is 0.746. The molecule has 30 heavy (non-hydrogen) atoms. The topological polar surface area (TPSA) is 93.2 Å². The average molecular weight is 429 g/mol. The van der Waals surface area contributed by atoms with Crippen LogP contribution in [-0.4, -0.2) is 54.5 Å². The van der Waals surface area contributed by atoms with E-state index < -0.39 is 41.8 Å². The van der Waals surface area contributed by atoms with E-state index in [2.05, 4.69) is 10.1 Å². The van der Waals surface area contributed by atoms with Gasteiger partial charge >= 0.3 is 11.9 Å². The fourth-order valence-electron chi connectivity index (χ4n) is 3.86. The molecule has 4 rings (SSSR count). The van der Waals surface area contributed by atoms with Gasteiger partial charge in [0.2, 0.25) is 5.91 Å². The van der Waals surface area contributed by atoms with E-state index in [1.807, 2.05) is 0 Å². The number of aromatic nitrogens is 4. The number of nitrogens with zero attached hydrogens (tertiary/aromatic N) is 5. The molecular weight excluding hydrogens is 410 g/mol. The number of amides is 1. The highest BCUT2D eigenvalue weighted by atomic mass is 19.4. The molecule has 1 fully saturated rings. The smallest absolute Gasteiger partial charge is 0.385 e. The van der Waals surface area contributed by atoms with Crippen molar-refractivity contribution < 1.29 is 27.5 Å². The summed E-state index contributed by atoms with van der Waals surface area (Å²) in [6.07, 6.45) is -5.08. The van der Waals surface area contributed by atoms with Crippen LogP contribution in [0.2, 0.25) is 0 Å². The summed E-state index contributed by atoms with van der Waals surface area (Å²) >= 11 is 0. The first-order chi connectivity index (χ1) is 14.1. The molecule has 12 heteroatoms. The third kappa shape index (κ3) is 3.71. The molecular formula is C18H19F4N5O3. The van der Waals surface area contributed by atoms with Crippen molar-refractivity contribution >= 4 is 5.91 Å². The Morgan fingerprint density at radius 3 is 2.60 bits per heavy atom. The first kappa shape index (κ1) is 20.5. The Hall–Kier alpha value is -2.76. The Morgan fingerprint density at radius 1 is 1.23 bits per heavy atom. The summed E-state index contributed by atoms with van der Waals surface area (Å²) in [6.45, 7) is 0.0513. The number of carbonyl (C=O) groups is 1. The van der Waals surface area contributed by atoms with Crippen molar-refractivity contribution in [2.45, 2.75) is 50.3 Å². The van der Waals surface area contributed by atoms with Gasteiger partial charge in [-0.05, 0) is 30.9 Å². The lowest BCUT2D eigenvalue weighted by Gasteiger charge is -2.28. The van der Waals surface area contributed by atoms with Crippen LogP contribution < -0.4 is 5.69 Å². The van der Waals surface area contributed by atoms with Gasteiger partial charge in [-0.1, -0.05) is 6.07 Å². The molecule has 0 spiro atoms. The number of fused-ring (bicyclic) bond motifs is 1. The third-order valence-electron chi connectivity index (χ3n) is 5.40. The predicted molar refractivity (Wildman–Crippen MR) is 94.2 cm³/mol. The van der Waals surface area contributed by atoms with Gasteiger partial charge in [0.25, 0.3) is 0 Å². The minimum Gasteiger partial charge on any atom is -0.385 e. The van der Waals surface area contributed by atoms with Crippen LogP contribution in [0.5, 0.6) is 0 Å². The molecule has 0 saturated carbocycles. The van der Waals surface area contributed by atoms with Crippen LogP contribution in [0.3, 0.4) is 0 Å². The fourth-order valence-corrected chi connectivity index (χ4v) is 3.86. The fraction of sp³-hybridized carbons (Fsp3) is 0.556. The Labute approximate surface area is 167 Å². The molecule has 162 valence electrons. The normalized spacial score (nSPS) is 24.2. The number of aliphatic hydroxyl groups excluding tert-OH is 1. The number of rotatable bonds is 3. The first-order valence-corrected chi connectivity index (χ1v) is 9.47. The number of likely N-dealkylation sites (tertiary alicyclic amines) is 1. The Bertz CT molecular complexity index is 1000. The second-order valence-electron chi connectivity index (χ2n) is 7.50. The van der Waals surface area contributed by atoms with E-state index >= 15 is 0 Å². The molecule has 3 atom stereocenters. The van der Waals surface area contributed by atoms with Crippen LogP contribution in [-0.2, 0) is 17.5 Å². The van der Waals surface area contributed by atoms with Gasteiger partial charge in [-0.2, -0.15) is 18.3 Å². The van der Waals surface area contributed by atoms with Crippen molar-refractivity contribution in [1.82, 2.24) is 24.2 Å². The Balaban J connectivity index is 1.62. The summed E-state index contributed by atoms with van der Waals surface area (Å²) in [7, 11) is 0. The van der Waals surface area contributed by atoms with Crippen molar-refractivity contribution in [2.24, 2.45) is 0 Å². The van der Waals surface area contributed by atoms with Crippen molar-refractivity contribution in [3.8, 4) is 0 Å². The third-order valence-corrected chi connectivity index (χ3v) is 5.40. The maximum absolute atomic E-state index is 13.5. The van der Waals surface area contributed by atoms with Gasteiger partial charge in [0, 0.05) is 12.7 Å². The van der Waals surface area contributed by atoms with E-state index in [0.29, 0.717) is 5.56 Å². The van der Waals surface area contributed by atoms with Crippen LogP contribution in [0, 0.1) is 0 Å². The molecule has 0 aliphatic carbocycles. The second-order valence-corrected chi connectivity index (χ2v) is 7.50. The molecule has 1 unspecified atom stereocenters. The summed E-state index contributed by atoms with van der Waals surface area (Å²) in [4.78, 5) is 30.4. The highest BCUT2D eigenvalue weighted by Gasteiger charge is 2.39. The maximum atomic E-state index is 13.5. The summed E-state index contributed by atoms with van der Waals surface area (Å²) in [6, 6.07) is 1.09. The number of halogens is 4. The minimum absolute atomic E-state index is 0.0143. The lowest BCUT2D eigenvalue weighted by molar-refractivity contribution is -0.141. The van der Waals surface area contributed by atoms with Crippen molar-refractivity contribution in [3.63, 3.8) is 0 Å². The molecule has 2 aliphatic rings. The summed E-state index contributed by atoms with van der Waals surface area (Å²) < 4.78 is 53.6. The molecule has 8 nitrogen and oxygen atoms in total. The molecule has 0 radical (unpaired) electrons. The van der Waals surface area contributed by atoms with Gasteiger partial charge in [0.15, 0.2) is 5.82 Å². The van der Waals surface area contributed by atoms with Gasteiger partial charge < -0.3 is 10.0 Å². The highest BCUT2D eigenvalue weighted by molar-refractivity contribution is 5.81. The largest absolute Gasteiger partial charge is 0.433 e. The molecule has 2 aromatic heterocycles. The van der Waals surface area contributed by atoms with Crippen molar-refractivity contribution in [3.05, 3.63) is 45.9 Å². The standard InChI is InChI=1S/C18H19F4N5O3/c19-11-5-6-25(9-11)16(29)12-2-3-13(28)15-24-26(17(30)27(12)15)8-10-1-4-14(23-7-10)18(20,21)22/h1,4,7,11-13,28H,2-3,5-6,8-9H2/t11-,12-,13?/m0/s1. The van der Waals surface area contributed by atoms with Crippen LogP contribution in [0.25, 0.3) is 0 Å². The average Bonchev–Trinajstić information content (AvgIpc) is 3.26. The molecule has 2 aliphatic heterocycles. The number of pyridine rings is 1. The minimum atomic E-state index is -4.57. The van der Waals surface area contributed by atoms with E-state index in [1.165, 1.54) is 11.0 Å². The lowest BCUT2D eigenvalue weighted by atomic mass is 10.0. The molecule has 1 N–H and O–H groups in total. The molecule has 4 heterocycles. The monoisotopic (exact) mass is 429 g/mol. The molecule has 1 amide bonds. The number of aliphatic hydroxyl groups is 1. The second kappa shape index (κ2) is 7.49. The van der Waals surface area contributed by atoms with Crippen molar-refractivity contribution in [1.29, 1.82) is 0 Å². The zero-order valence-corrected chi connectivity index (χ0v) is 15.7. The van der Waals surface area contributed by atoms with Crippen LogP contribution in [0.15, 0.2) is 23.1 Å². The van der Waals surface area contributed by atoms with E-state index in [1.54, 1.807) is 0 Å². The number of alkyl halides is 4. The van der Waals surface area contributed by atoms with Gasteiger partial charge in [-0.25, -0.2) is 13.9 Å². The van der Waals surface area contributed by atoms with Crippen LogP contribution >= 0.6 is 0 Å². The van der Waals surface area contributed by atoms with Gasteiger partial charge in [0.05, 0.1) is 13.1 Å². The van der Waals surface area contributed by atoms with E-state index in [-0.39, 0.29) is 44.7 Å². The number of hydrogen-bond donors (Lipinski definition) is 1. The van der Waals surface area contributed by atoms with Crippen molar-refractivity contribution in [2.75, 3.05) is 13.1 Å². The van der Waals surface area contributed by atoms with Crippen LogP contribution in [0.1, 0.15) is 48.5 Å². The summed E-state index contributed by atoms with van der Waals surface area (Å²) in [5, 5.41) is 14.3. The van der Waals surface area contributed by atoms with Gasteiger partial charge in [-0.3, -0.25) is 14.3 Å². The Kier molecular flexibility index (Phi) is 5.12.